The monoisotopic (exact) mass is 294 g/mol. The highest BCUT2D eigenvalue weighted by Gasteiger charge is 2.17. The second-order valence-electron chi connectivity index (χ2n) is 5.84. The van der Waals surface area contributed by atoms with Gasteiger partial charge in [0.25, 0.3) is 0 Å². The predicted octanol–water partition coefficient (Wildman–Crippen LogP) is 2.02. The molecule has 21 heavy (non-hydrogen) atoms. The maximum absolute atomic E-state index is 11.9. The molecule has 1 aromatic rings. The van der Waals surface area contributed by atoms with Crippen molar-refractivity contribution in [3.05, 3.63) is 24.3 Å². The molecule has 1 rings (SSSR count). The zero-order valence-electron chi connectivity index (χ0n) is 13.1. The van der Waals surface area contributed by atoms with Gasteiger partial charge in [-0.05, 0) is 30.4 Å². The summed E-state index contributed by atoms with van der Waals surface area (Å²) in [6.07, 6.45) is 1.70. The smallest absolute Gasteiger partial charge is 0.238 e. The number of anilines is 1. The Labute approximate surface area is 126 Å². The number of methoxy groups -OCH3 is 1. The Morgan fingerprint density at radius 1 is 1.33 bits per heavy atom. The number of hydrogen-bond acceptors (Lipinski definition) is 4. The first-order valence-electron chi connectivity index (χ1n) is 7.23. The zero-order valence-corrected chi connectivity index (χ0v) is 13.1. The van der Waals surface area contributed by atoms with Crippen molar-refractivity contribution in [2.75, 3.05) is 32.1 Å². The first kappa shape index (κ1) is 17.5. The third-order valence-corrected chi connectivity index (χ3v) is 3.28. The molecule has 0 unspecified atom stereocenters. The standard InChI is InChI=1S/C16H26N2O3/c1-16(2,9-6-10-19)12-17-11-15(20)18-13-7-4-5-8-14(13)21-3/h4-5,7-8,17,19H,6,9-12H2,1-3H3,(H,18,20). The van der Waals surface area contributed by atoms with Crippen LogP contribution in [0.2, 0.25) is 0 Å². The minimum atomic E-state index is -0.0996. The summed E-state index contributed by atoms with van der Waals surface area (Å²) >= 11 is 0. The first-order valence-corrected chi connectivity index (χ1v) is 7.23. The van der Waals surface area contributed by atoms with Gasteiger partial charge in [0.1, 0.15) is 5.75 Å². The Hall–Kier alpha value is -1.59. The second-order valence-corrected chi connectivity index (χ2v) is 5.84. The minimum absolute atomic E-state index is 0.0629. The summed E-state index contributed by atoms with van der Waals surface area (Å²) in [5, 5.41) is 14.8. The van der Waals surface area contributed by atoms with Crippen LogP contribution in [0.4, 0.5) is 5.69 Å². The van der Waals surface area contributed by atoms with Gasteiger partial charge in [0.2, 0.25) is 5.91 Å². The number of amides is 1. The number of rotatable bonds is 9. The third kappa shape index (κ3) is 6.60. The van der Waals surface area contributed by atoms with Gasteiger partial charge in [-0.2, -0.15) is 0 Å². The van der Waals surface area contributed by atoms with Crippen molar-refractivity contribution in [3.63, 3.8) is 0 Å². The van der Waals surface area contributed by atoms with Gasteiger partial charge < -0.3 is 20.5 Å². The number of carbonyl (C=O) groups excluding carboxylic acids is 1. The van der Waals surface area contributed by atoms with Crippen LogP contribution in [-0.2, 0) is 4.79 Å². The number of carbonyl (C=O) groups is 1. The molecule has 0 atom stereocenters. The molecule has 0 saturated carbocycles. The van der Waals surface area contributed by atoms with Crippen LogP contribution in [0.3, 0.4) is 0 Å². The van der Waals surface area contributed by atoms with E-state index in [-0.39, 0.29) is 24.5 Å². The molecule has 0 spiro atoms. The van der Waals surface area contributed by atoms with Crippen molar-refractivity contribution < 1.29 is 14.6 Å². The highest BCUT2D eigenvalue weighted by atomic mass is 16.5. The van der Waals surface area contributed by atoms with Gasteiger partial charge in [-0.15, -0.1) is 0 Å². The topological polar surface area (TPSA) is 70.6 Å². The fourth-order valence-electron chi connectivity index (χ4n) is 2.10. The van der Waals surface area contributed by atoms with Gasteiger partial charge in [-0.3, -0.25) is 4.79 Å². The summed E-state index contributed by atoms with van der Waals surface area (Å²) in [6, 6.07) is 7.32. The number of benzene rings is 1. The van der Waals surface area contributed by atoms with Crippen LogP contribution in [0.15, 0.2) is 24.3 Å². The summed E-state index contributed by atoms with van der Waals surface area (Å²) < 4.78 is 5.19. The molecule has 0 fully saturated rings. The van der Waals surface area contributed by atoms with E-state index >= 15 is 0 Å². The fourth-order valence-corrected chi connectivity index (χ4v) is 2.10. The van der Waals surface area contributed by atoms with Crippen molar-refractivity contribution in [2.24, 2.45) is 5.41 Å². The van der Waals surface area contributed by atoms with Crippen LogP contribution in [0.1, 0.15) is 26.7 Å². The number of aliphatic hydroxyl groups excluding tert-OH is 1. The number of hydrogen-bond donors (Lipinski definition) is 3. The van der Waals surface area contributed by atoms with Gasteiger partial charge >= 0.3 is 0 Å². The zero-order chi connectivity index (χ0) is 15.7. The summed E-state index contributed by atoms with van der Waals surface area (Å²) in [7, 11) is 1.58. The molecular formula is C16H26N2O3. The molecule has 0 radical (unpaired) electrons. The molecule has 1 aromatic carbocycles. The van der Waals surface area contributed by atoms with E-state index in [4.69, 9.17) is 9.84 Å². The van der Waals surface area contributed by atoms with Crippen LogP contribution < -0.4 is 15.4 Å². The van der Waals surface area contributed by atoms with E-state index in [9.17, 15) is 4.79 Å². The van der Waals surface area contributed by atoms with Crippen LogP contribution >= 0.6 is 0 Å². The largest absolute Gasteiger partial charge is 0.495 e. The fraction of sp³-hybridized carbons (Fsp3) is 0.562. The van der Waals surface area contributed by atoms with E-state index in [1.54, 1.807) is 13.2 Å². The molecule has 5 heteroatoms. The molecule has 0 aliphatic rings. The minimum Gasteiger partial charge on any atom is -0.495 e. The lowest BCUT2D eigenvalue weighted by molar-refractivity contribution is -0.115. The van der Waals surface area contributed by atoms with E-state index < -0.39 is 0 Å². The summed E-state index contributed by atoms with van der Waals surface area (Å²) in [6.45, 7) is 5.42. The molecule has 0 bridgehead atoms. The molecule has 0 aliphatic carbocycles. The Bertz CT molecular complexity index is 447. The Morgan fingerprint density at radius 2 is 2.05 bits per heavy atom. The quantitative estimate of drug-likeness (QED) is 0.651. The number of ether oxygens (including phenoxy) is 1. The van der Waals surface area contributed by atoms with Crippen LogP contribution in [-0.4, -0.2) is 37.8 Å². The van der Waals surface area contributed by atoms with Gasteiger partial charge in [-0.1, -0.05) is 26.0 Å². The maximum atomic E-state index is 11.9. The van der Waals surface area contributed by atoms with Gasteiger partial charge in [0.05, 0.1) is 19.3 Å². The molecular weight excluding hydrogens is 268 g/mol. The highest BCUT2D eigenvalue weighted by molar-refractivity contribution is 5.93. The van der Waals surface area contributed by atoms with Crippen molar-refractivity contribution in [3.8, 4) is 5.75 Å². The van der Waals surface area contributed by atoms with Crippen molar-refractivity contribution >= 4 is 11.6 Å². The number of aliphatic hydroxyl groups is 1. The first-order chi connectivity index (χ1) is 9.98. The van der Waals surface area contributed by atoms with Crippen molar-refractivity contribution in [1.82, 2.24) is 5.32 Å². The van der Waals surface area contributed by atoms with E-state index in [0.29, 0.717) is 11.4 Å². The van der Waals surface area contributed by atoms with Gasteiger partial charge in [-0.25, -0.2) is 0 Å². The normalized spacial score (nSPS) is 11.2. The SMILES string of the molecule is COc1ccccc1NC(=O)CNCC(C)(C)CCCO. The number of nitrogens with one attached hydrogen (secondary N) is 2. The molecule has 0 heterocycles. The van der Waals surface area contributed by atoms with E-state index in [1.165, 1.54) is 0 Å². The van der Waals surface area contributed by atoms with Gasteiger partial charge in [0, 0.05) is 13.2 Å². The predicted molar refractivity (Wildman–Crippen MR) is 84.6 cm³/mol. The maximum Gasteiger partial charge on any atom is 0.238 e. The summed E-state index contributed by atoms with van der Waals surface area (Å²) in [4.78, 5) is 11.9. The van der Waals surface area contributed by atoms with Crippen LogP contribution in [0.25, 0.3) is 0 Å². The Balaban J connectivity index is 2.37. The molecule has 5 nitrogen and oxygen atoms in total. The lowest BCUT2D eigenvalue weighted by atomic mass is 9.88. The summed E-state index contributed by atoms with van der Waals surface area (Å²) in [5.74, 6) is 0.548. The lowest BCUT2D eigenvalue weighted by Gasteiger charge is -2.24. The van der Waals surface area contributed by atoms with Crippen molar-refractivity contribution in [2.45, 2.75) is 26.7 Å². The van der Waals surface area contributed by atoms with Crippen molar-refractivity contribution in [1.29, 1.82) is 0 Å². The Morgan fingerprint density at radius 3 is 2.71 bits per heavy atom. The molecule has 0 saturated heterocycles. The molecule has 3 N–H and O–H groups in total. The molecule has 0 aromatic heterocycles. The average Bonchev–Trinajstić information content (AvgIpc) is 2.45. The van der Waals surface area contributed by atoms with Crippen LogP contribution in [0, 0.1) is 5.41 Å². The average molecular weight is 294 g/mol. The van der Waals surface area contributed by atoms with Gasteiger partial charge in [0.15, 0.2) is 0 Å². The third-order valence-electron chi connectivity index (χ3n) is 3.28. The Kier molecular flexibility index (Phi) is 7.19. The lowest BCUT2D eigenvalue weighted by Crippen LogP contribution is -2.35. The molecule has 1 amide bonds. The van der Waals surface area contributed by atoms with E-state index in [2.05, 4.69) is 24.5 Å². The molecule has 118 valence electrons. The van der Waals surface area contributed by atoms with Crippen LogP contribution in [0.5, 0.6) is 5.75 Å². The molecule has 0 aliphatic heterocycles. The van der Waals surface area contributed by atoms with E-state index in [0.717, 1.165) is 19.4 Å². The second kappa shape index (κ2) is 8.64. The highest BCUT2D eigenvalue weighted by Crippen LogP contribution is 2.23. The van der Waals surface area contributed by atoms with E-state index in [1.807, 2.05) is 18.2 Å². The number of para-hydroxylation sites is 2. The summed E-state index contributed by atoms with van der Waals surface area (Å²) in [5.41, 5.74) is 0.735.